The first kappa shape index (κ1) is 34.9. The van der Waals surface area contributed by atoms with Crippen LogP contribution in [0.25, 0.3) is 0 Å². The van der Waals surface area contributed by atoms with Gasteiger partial charge in [-0.05, 0) is 70.4 Å². The third kappa shape index (κ3) is 7.77. The molecule has 0 radical (unpaired) electrons. The molecular weight excluding hydrogens is 671 g/mol. The maximum Gasteiger partial charge on any atom is 0.414 e. The van der Waals surface area contributed by atoms with Crippen molar-refractivity contribution in [2.75, 3.05) is 25.6 Å². The predicted molar refractivity (Wildman–Crippen MR) is 186 cm³/mol. The Hall–Kier alpha value is -3.98. The summed E-state index contributed by atoms with van der Waals surface area (Å²) in [6, 6.07) is 7.01. The van der Waals surface area contributed by atoms with Crippen molar-refractivity contribution in [3.05, 3.63) is 52.5 Å². The number of hydrogen-bond acceptors (Lipinski definition) is 10. The van der Waals surface area contributed by atoms with Crippen LogP contribution in [-0.4, -0.2) is 79.7 Å². The van der Waals surface area contributed by atoms with Gasteiger partial charge in [-0.15, -0.1) is 11.3 Å². The van der Waals surface area contributed by atoms with Crippen molar-refractivity contribution in [1.29, 1.82) is 0 Å². The summed E-state index contributed by atoms with van der Waals surface area (Å²) in [5.41, 5.74) is -0.233. The molecule has 2 aromatic rings. The van der Waals surface area contributed by atoms with Crippen LogP contribution in [0, 0.1) is 24.7 Å². The number of sulfonamides is 1. The normalized spacial score (nSPS) is 27.9. The number of nitrogens with zero attached hydrogens (tertiary/aromatic N) is 3. The molecule has 3 aliphatic carbocycles. The molecule has 1 aromatic carbocycles. The van der Waals surface area contributed by atoms with Gasteiger partial charge >= 0.3 is 6.09 Å². The van der Waals surface area contributed by atoms with E-state index in [4.69, 9.17) is 9.47 Å². The quantitative estimate of drug-likeness (QED) is 0.382. The minimum absolute atomic E-state index is 0. The van der Waals surface area contributed by atoms with Crippen LogP contribution in [0.3, 0.4) is 0 Å². The fourth-order valence-corrected chi connectivity index (χ4v) is 8.75. The zero-order valence-electron chi connectivity index (χ0n) is 27.9. The Morgan fingerprint density at radius 1 is 1.20 bits per heavy atom. The average Bonchev–Trinajstić information content (AvgIpc) is 3.97. The predicted octanol–water partition coefficient (Wildman–Crippen LogP) is 4.17. The number of benzene rings is 1. The molecule has 0 saturated heterocycles. The van der Waals surface area contributed by atoms with Crippen molar-refractivity contribution < 1.29 is 39.9 Å². The molecule has 0 unspecified atom stereocenters. The standard InChI is InChI=1S/C34H43N5O8S2.2H2/c1-21-35-23(20-48-21)19-39(24-10-8-11-25(15-24)46-3)33(43)47-26-16-28-29(17-26)31(41)38(2)14-7-5-4-6-9-22-18-34(22,36-30(28)40)32(42)37-49(44,45)27-12-13-27;;/h6,8-11,15,20,22,26-29H,4-5,7,12-14,16-19H2,1-3H3,(H,36,40)(H,37,42);2*1H/b9-6-;;/t22-,26-,28-,29-,34-;;/m1../s1. The second kappa shape index (κ2) is 14.1. The third-order valence-corrected chi connectivity index (χ3v) is 12.5. The van der Waals surface area contributed by atoms with Gasteiger partial charge in [0.05, 0.1) is 47.1 Å². The molecule has 4 amide bonds. The molecule has 1 aromatic heterocycles. The lowest BCUT2D eigenvalue weighted by Gasteiger charge is -2.26. The highest BCUT2D eigenvalue weighted by Crippen LogP contribution is 2.47. The van der Waals surface area contributed by atoms with Gasteiger partial charge in [0.1, 0.15) is 17.4 Å². The van der Waals surface area contributed by atoms with Crippen molar-refractivity contribution in [1.82, 2.24) is 19.9 Å². The highest BCUT2D eigenvalue weighted by Gasteiger charge is 2.62. The number of rotatable bonds is 8. The first-order valence-corrected chi connectivity index (χ1v) is 19.2. The third-order valence-electron chi connectivity index (χ3n) is 9.84. The number of aromatic nitrogens is 1. The van der Waals surface area contributed by atoms with E-state index in [1.165, 1.54) is 23.3 Å². The second-order valence-electron chi connectivity index (χ2n) is 13.5. The smallest absolute Gasteiger partial charge is 0.414 e. The van der Waals surface area contributed by atoms with E-state index in [0.29, 0.717) is 36.5 Å². The van der Waals surface area contributed by atoms with Crippen LogP contribution < -0.4 is 19.7 Å². The van der Waals surface area contributed by atoms with Gasteiger partial charge < -0.3 is 19.7 Å². The molecule has 3 saturated carbocycles. The summed E-state index contributed by atoms with van der Waals surface area (Å²) in [6.07, 6.45) is 6.07. The van der Waals surface area contributed by atoms with Crippen LogP contribution >= 0.6 is 11.3 Å². The molecule has 2 heterocycles. The zero-order valence-corrected chi connectivity index (χ0v) is 29.6. The monoisotopic (exact) mass is 717 g/mol. The number of ether oxygens (including phenoxy) is 2. The van der Waals surface area contributed by atoms with Gasteiger partial charge in [0.2, 0.25) is 21.8 Å². The maximum atomic E-state index is 14.1. The molecule has 4 aliphatic rings. The lowest BCUT2D eigenvalue weighted by molar-refractivity contribution is -0.140. The summed E-state index contributed by atoms with van der Waals surface area (Å²) in [4.78, 5) is 62.9. The van der Waals surface area contributed by atoms with Gasteiger partial charge in [-0.2, -0.15) is 0 Å². The molecule has 2 N–H and O–H groups in total. The first-order chi connectivity index (χ1) is 23.4. The molecule has 3 fully saturated rings. The van der Waals surface area contributed by atoms with Gasteiger partial charge in [-0.25, -0.2) is 18.2 Å². The van der Waals surface area contributed by atoms with E-state index in [9.17, 15) is 27.6 Å². The number of thiazole rings is 1. The highest BCUT2D eigenvalue weighted by atomic mass is 32.2. The van der Waals surface area contributed by atoms with Crippen molar-refractivity contribution in [2.45, 2.75) is 81.7 Å². The second-order valence-corrected chi connectivity index (χ2v) is 16.5. The van der Waals surface area contributed by atoms with E-state index in [0.717, 1.165) is 24.3 Å². The van der Waals surface area contributed by atoms with Crippen molar-refractivity contribution in [3.63, 3.8) is 0 Å². The number of fused-ring (bicyclic) bond motifs is 2. The van der Waals surface area contributed by atoms with E-state index in [2.05, 4.69) is 15.0 Å². The Morgan fingerprint density at radius 2 is 1.98 bits per heavy atom. The maximum absolute atomic E-state index is 14.1. The topological polar surface area (TPSA) is 164 Å². The minimum Gasteiger partial charge on any atom is -0.497 e. The van der Waals surface area contributed by atoms with Gasteiger partial charge in [0, 0.05) is 33.8 Å². The van der Waals surface area contributed by atoms with Crippen LogP contribution in [0.4, 0.5) is 10.5 Å². The van der Waals surface area contributed by atoms with Crippen molar-refractivity contribution in [3.8, 4) is 5.75 Å². The Bertz CT molecular complexity index is 1750. The molecule has 5 atom stereocenters. The van der Waals surface area contributed by atoms with Crippen LogP contribution in [0.5, 0.6) is 5.75 Å². The summed E-state index contributed by atoms with van der Waals surface area (Å²) in [7, 11) is -0.611. The molecule has 268 valence electrons. The molecule has 0 bridgehead atoms. The van der Waals surface area contributed by atoms with Crippen molar-refractivity contribution in [2.24, 2.45) is 17.8 Å². The molecule has 15 heteroatoms. The number of methoxy groups -OCH3 is 1. The lowest BCUT2D eigenvalue weighted by atomic mass is 9.93. The lowest BCUT2D eigenvalue weighted by Crippen LogP contribution is -2.54. The summed E-state index contributed by atoms with van der Waals surface area (Å²) in [6.45, 7) is 2.52. The Morgan fingerprint density at radius 3 is 2.69 bits per heavy atom. The van der Waals surface area contributed by atoms with Crippen LogP contribution in [0.1, 0.15) is 64.9 Å². The van der Waals surface area contributed by atoms with Crippen LogP contribution in [-0.2, 0) is 35.7 Å². The molecule has 13 nitrogen and oxygen atoms in total. The Balaban J connectivity index is 0.00000292. The van der Waals surface area contributed by atoms with E-state index in [1.54, 1.807) is 36.2 Å². The average molecular weight is 718 g/mol. The number of anilines is 1. The van der Waals surface area contributed by atoms with Gasteiger partial charge in [0.15, 0.2) is 0 Å². The van der Waals surface area contributed by atoms with Crippen LogP contribution in [0.2, 0.25) is 0 Å². The molecule has 1 aliphatic heterocycles. The number of aryl methyl sites for hydroxylation is 1. The van der Waals surface area contributed by atoms with E-state index in [1.807, 2.05) is 24.5 Å². The molecule has 49 heavy (non-hydrogen) atoms. The Labute approximate surface area is 293 Å². The number of amides is 4. The number of hydrogen-bond donors (Lipinski definition) is 2. The first-order valence-electron chi connectivity index (χ1n) is 16.7. The molecule has 6 rings (SSSR count). The van der Waals surface area contributed by atoms with E-state index in [-0.39, 0.29) is 40.5 Å². The van der Waals surface area contributed by atoms with E-state index < -0.39 is 56.7 Å². The largest absolute Gasteiger partial charge is 0.497 e. The van der Waals surface area contributed by atoms with Gasteiger partial charge in [-0.3, -0.25) is 24.0 Å². The Kier molecular flexibility index (Phi) is 10.0. The van der Waals surface area contributed by atoms with E-state index >= 15 is 0 Å². The zero-order chi connectivity index (χ0) is 34.9. The van der Waals surface area contributed by atoms with Gasteiger partial charge in [-0.1, -0.05) is 18.2 Å². The summed E-state index contributed by atoms with van der Waals surface area (Å²) < 4.78 is 39.0. The SMILES string of the molecule is COc1cccc(N(Cc2csc(C)n2)C(=O)O[C@@H]2C[C@H]3C(=O)N[C@]4(C(=O)NS(=O)(=O)C5CC5)C[C@H]4/C=C\CCCCN(C)C(=O)[C@@H]3C2)c1.[HH].[HH]. The fraction of sp³-hybridized carbons (Fsp3) is 0.559. The highest BCUT2D eigenvalue weighted by molar-refractivity contribution is 7.91. The summed E-state index contributed by atoms with van der Waals surface area (Å²) >= 11 is 1.47. The number of allylic oxidation sites excluding steroid dienone is 1. The molecule has 0 spiro atoms. The number of carbonyl (C=O) groups is 4. The number of nitrogens with one attached hydrogen (secondary N) is 2. The summed E-state index contributed by atoms with van der Waals surface area (Å²) in [5, 5.41) is 4.99. The van der Waals surface area contributed by atoms with Gasteiger partial charge in [0.25, 0.3) is 5.91 Å². The van der Waals surface area contributed by atoms with Crippen molar-refractivity contribution >= 4 is 50.9 Å². The van der Waals surface area contributed by atoms with Crippen LogP contribution in [0.15, 0.2) is 41.8 Å². The summed E-state index contributed by atoms with van der Waals surface area (Å²) in [5.74, 6) is -3.09. The fourth-order valence-electron chi connectivity index (χ4n) is 6.78. The minimum atomic E-state index is -3.85. The molecular formula is C34H47N5O8S2. The number of carbonyl (C=O) groups excluding carboxylic acids is 4.